The first-order valence-corrected chi connectivity index (χ1v) is 4.29. The van der Waals surface area contributed by atoms with Gasteiger partial charge in [-0.3, -0.25) is 4.79 Å². The predicted molar refractivity (Wildman–Crippen MR) is 52.0 cm³/mol. The number of hydrogen-bond donors (Lipinski definition) is 1. The molecule has 0 radical (unpaired) electrons. The predicted octanol–water partition coefficient (Wildman–Crippen LogP) is 2.01. The van der Waals surface area contributed by atoms with Crippen LogP contribution in [-0.2, 0) is 0 Å². The van der Waals surface area contributed by atoms with Crippen LogP contribution in [0.3, 0.4) is 0 Å². The SMILES string of the molecule is CCOc1c(C(C)=O)ccc(N)c1F. The van der Waals surface area contributed by atoms with Gasteiger partial charge in [-0.05, 0) is 26.0 Å². The molecule has 0 aliphatic heterocycles. The van der Waals surface area contributed by atoms with Crippen molar-refractivity contribution in [2.24, 2.45) is 0 Å². The summed E-state index contributed by atoms with van der Waals surface area (Å²) in [5.74, 6) is -0.966. The molecule has 0 atom stereocenters. The summed E-state index contributed by atoms with van der Waals surface area (Å²) in [5, 5.41) is 0. The van der Waals surface area contributed by atoms with Crippen molar-refractivity contribution in [2.45, 2.75) is 13.8 Å². The Hall–Kier alpha value is -1.58. The molecule has 0 spiro atoms. The number of hydrogen-bond acceptors (Lipinski definition) is 3. The van der Waals surface area contributed by atoms with Crippen molar-refractivity contribution in [1.29, 1.82) is 0 Å². The molecular formula is C10H12FNO2. The molecule has 1 aromatic rings. The average Bonchev–Trinajstić information content (AvgIpc) is 2.13. The molecule has 3 nitrogen and oxygen atoms in total. The van der Waals surface area contributed by atoms with Crippen LogP contribution in [0.5, 0.6) is 5.75 Å². The Morgan fingerprint density at radius 3 is 2.71 bits per heavy atom. The molecule has 0 unspecified atom stereocenters. The fourth-order valence-corrected chi connectivity index (χ4v) is 1.13. The summed E-state index contributed by atoms with van der Waals surface area (Å²) in [6.45, 7) is 3.36. The van der Waals surface area contributed by atoms with Crippen molar-refractivity contribution < 1.29 is 13.9 Å². The van der Waals surface area contributed by atoms with E-state index < -0.39 is 5.82 Å². The second-order valence-electron chi connectivity index (χ2n) is 2.83. The molecule has 1 aromatic carbocycles. The molecule has 2 N–H and O–H groups in total. The molecule has 0 heterocycles. The highest BCUT2D eigenvalue weighted by atomic mass is 19.1. The fraction of sp³-hybridized carbons (Fsp3) is 0.300. The highest BCUT2D eigenvalue weighted by Crippen LogP contribution is 2.27. The second kappa shape index (κ2) is 4.09. The largest absolute Gasteiger partial charge is 0.490 e. The minimum Gasteiger partial charge on any atom is -0.490 e. The maximum Gasteiger partial charge on any atom is 0.188 e. The van der Waals surface area contributed by atoms with Gasteiger partial charge < -0.3 is 10.5 Å². The Labute approximate surface area is 81.7 Å². The van der Waals surface area contributed by atoms with Crippen LogP contribution in [0, 0.1) is 5.82 Å². The third-order valence-electron chi connectivity index (χ3n) is 1.79. The molecule has 4 heteroatoms. The summed E-state index contributed by atoms with van der Waals surface area (Å²) < 4.78 is 18.4. The number of benzene rings is 1. The van der Waals surface area contributed by atoms with Crippen LogP contribution in [0.2, 0.25) is 0 Å². The molecule has 0 aliphatic rings. The summed E-state index contributed by atoms with van der Waals surface area (Å²) in [4.78, 5) is 11.1. The van der Waals surface area contributed by atoms with E-state index in [2.05, 4.69) is 0 Å². The van der Waals surface area contributed by atoms with Crippen LogP contribution in [0.1, 0.15) is 24.2 Å². The number of carbonyl (C=O) groups excluding carboxylic acids is 1. The van der Waals surface area contributed by atoms with Gasteiger partial charge in [0.25, 0.3) is 0 Å². The Morgan fingerprint density at radius 2 is 2.21 bits per heavy atom. The fourth-order valence-electron chi connectivity index (χ4n) is 1.13. The van der Waals surface area contributed by atoms with Gasteiger partial charge in [0.2, 0.25) is 0 Å². The van der Waals surface area contributed by atoms with Crippen LogP contribution in [0.25, 0.3) is 0 Å². The van der Waals surface area contributed by atoms with Crippen LogP contribution in [0.4, 0.5) is 10.1 Å². The molecule has 0 saturated heterocycles. The minimum absolute atomic E-state index is 0.0153. The summed E-state index contributed by atoms with van der Waals surface area (Å²) >= 11 is 0. The number of nitrogen functional groups attached to an aromatic ring is 1. The van der Waals surface area contributed by atoms with Crippen molar-refractivity contribution in [3.8, 4) is 5.75 Å². The molecule has 0 saturated carbocycles. The van der Waals surface area contributed by atoms with Crippen molar-refractivity contribution in [3.05, 3.63) is 23.5 Å². The molecular weight excluding hydrogens is 185 g/mol. The summed E-state index contributed by atoms with van der Waals surface area (Å²) in [6, 6.07) is 2.82. The zero-order valence-electron chi connectivity index (χ0n) is 8.13. The molecule has 0 bridgehead atoms. The van der Waals surface area contributed by atoms with E-state index in [1.165, 1.54) is 19.1 Å². The Balaban J connectivity index is 3.29. The summed E-state index contributed by atoms with van der Waals surface area (Å²) in [7, 11) is 0. The third-order valence-corrected chi connectivity index (χ3v) is 1.79. The molecule has 1 rings (SSSR count). The minimum atomic E-state index is -0.667. The number of carbonyl (C=O) groups is 1. The third kappa shape index (κ3) is 1.84. The Bertz CT molecular complexity index is 363. The van der Waals surface area contributed by atoms with Crippen molar-refractivity contribution in [3.63, 3.8) is 0 Å². The lowest BCUT2D eigenvalue weighted by Crippen LogP contribution is -2.05. The van der Waals surface area contributed by atoms with Crippen LogP contribution in [-0.4, -0.2) is 12.4 Å². The smallest absolute Gasteiger partial charge is 0.188 e. The van der Waals surface area contributed by atoms with Gasteiger partial charge in [0.15, 0.2) is 17.3 Å². The zero-order valence-corrected chi connectivity index (χ0v) is 8.13. The van der Waals surface area contributed by atoms with Gasteiger partial charge in [-0.2, -0.15) is 0 Å². The first-order chi connectivity index (χ1) is 6.57. The zero-order chi connectivity index (χ0) is 10.7. The topological polar surface area (TPSA) is 52.3 Å². The van der Waals surface area contributed by atoms with E-state index in [0.717, 1.165) is 0 Å². The normalized spacial score (nSPS) is 9.93. The first kappa shape index (κ1) is 10.5. The van der Waals surface area contributed by atoms with Crippen LogP contribution >= 0.6 is 0 Å². The van der Waals surface area contributed by atoms with Gasteiger partial charge in [0.05, 0.1) is 17.9 Å². The van der Waals surface area contributed by atoms with Gasteiger partial charge in [-0.15, -0.1) is 0 Å². The van der Waals surface area contributed by atoms with Crippen molar-refractivity contribution >= 4 is 11.5 Å². The monoisotopic (exact) mass is 197 g/mol. The van der Waals surface area contributed by atoms with Gasteiger partial charge in [0.1, 0.15) is 0 Å². The molecule has 0 aliphatic carbocycles. The van der Waals surface area contributed by atoms with Crippen LogP contribution < -0.4 is 10.5 Å². The van der Waals surface area contributed by atoms with Crippen LogP contribution in [0.15, 0.2) is 12.1 Å². The quantitative estimate of drug-likeness (QED) is 0.595. The summed E-state index contributed by atoms with van der Waals surface area (Å²) in [6.07, 6.45) is 0. The van der Waals surface area contributed by atoms with E-state index in [1.807, 2.05) is 0 Å². The lowest BCUT2D eigenvalue weighted by atomic mass is 10.1. The lowest BCUT2D eigenvalue weighted by molar-refractivity contribution is 0.101. The van der Waals surface area contributed by atoms with Gasteiger partial charge in [-0.25, -0.2) is 4.39 Å². The van der Waals surface area contributed by atoms with E-state index >= 15 is 0 Å². The van der Waals surface area contributed by atoms with Crippen molar-refractivity contribution in [2.75, 3.05) is 12.3 Å². The van der Waals surface area contributed by atoms with E-state index in [4.69, 9.17) is 10.5 Å². The van der Waals surface area contributed by atoms with E-state index in [-0.39, 0.29) is 22.8 Å². The maximum absolute atomic E-state index is 13.4. The lowest BCUT2D eigenvalue weighted by Gasteiger charge is -2.10. The number of anilines is 1. The summed E-state index contributed by atoms with van der Waals surface area (Å²) in [5.41, 5.74) is 5.56. The number of ether oxygens (including phenoxy) is 1. The van der Waals surface area contributed by atoms with E-state index in [0.29, 0.717) is 6.61 Å². The molecule has 0 amide bonds. The van der Waals surface area contributed by atoms with Gasteiger partial charge in [-0.1, -0.05) is 0 Å². The van der Waals surface area contributed by atoms with Crippen molar-refractivity contribution in [1.82, 2.24) is 0 Å². The molecule has 14 heavy (non-hydrogen) atoms. The highest BCUT2D eigenvalue weighted by Gasteiger charge is 2.15. The average molecular weight is 197 g/mol. The van der Waals surface area contributed by atoms with Gasteiger partial charge >= 0.3 is 0 Å². The number of ketones is 1. The van der Waals surface area contributed by atoms with E-state index in [9.17, 15) is 9.18 Å². The molecule has 0 aromatic heterocycles. The highest BCUT2D eigenvalue weighted by molar-refractivity contribution is 5.97. The van der Waals surface area contributed by atoms with Gasteiger partial charge in [0, 0.05) is 0 Å². The molecule has 0 fully saturated rings. The standard InChI is InChI=1S/C10H12FNO2/c1-3-14-10-7(6(2)13)4-5-8(12)9(10)11/h4-5H,3,12H2,1-2H3. The maximum atomic E-state index is 13.4. The van der Waals surface area contributed by atoms with E-state index in [1.54, 1.807) is 6.92 Å². The second-order valence-corrected chi connectivity index (χ2v) is 2.83. The number of rotatable bonds is 3. The first-order valence-electron chi connectivity index (χ1n) is 4.29. The number of halogens is 1. The number of Topliss-reactive ketones (excluding diaryl/α,β-unsaturated/α-hetero) is 1. The Kier molecular flexibility index (Phi) is 3.06. The number of nitrogens with two attached hydrogens (primary N) is 1. The molecule has 76 valence electrons. The Morgan fingerprint density at radius 1 is 1.57 bits per heavy atom.